The van der Waals surface area contributed by atoms with Gasteiger partial charge in [-0.3, -0.25) is 0 Å². The zero-order valence-electron chi connectivity index (χ0n) is 45.9. The van der Waals surface area contributed by atoms with Crippen LogP contribution in [-0.2, 0) is 0 Å². The van der Waals surface area contributed by atoms with E-state index in [0.717, 1.165) is 6.92 Å². The maximum atomic E-state index is 12.3. The Kier molecular flexibility index (Phi) is 12.4. The van der Waals surface area contributed by atoms with E-state index in [4.69, 9.17) is 8.83 Å². The molecule has 0 aliphatic rings. The van der Waals surface area contributed by atoms with Crippen molar-refractivity contribution in [2.75, 3.05) is 0 Å². The normalized spacial score (nSPS) is 11.7. The summed E-state index contributed by atoms with van der Waals surface area (Å²) in [6.07, 6.45) is 0. The van der Waals surface area contributed by atoms with E-state index in [1.165, 1.54) is 0 Å². The summed E-state index contributed by atoms with van der Waals surface area (Å²) < 4.78 is 11.9. The number of aromatic hydroxyl groups is 32. The summed E-state index contributed by atoms with van der Waals surface area (Å²) in [6.45, 7) is 0.972. The highest BCUT2D eigenvalue weighted by atomic mass is 16.4. The number of fused-ring (bicyclic) bond motifs is 6. The Bertz CT molecular complexity index is 5460. The molecule has 0 aliphatic heterocycles. The van der Waals surface area contributed by atoms with Crippen LogP contribution in [0.25, 0.3) is 123 Å². The Hall–Kier alpha value is -15.0. The van der Waals surface area contributed by atoms with Crippen molar-refractivity contribution in [3.05, 3.63) is 5.56 Å². The quantitative estimate of drug-likeness (QED) is 0.0736. The lowest BCUT2D eigenvalue weighted by atomic mass is 9.95. The van der Waals surface area contributed by atoms with Gasteiger partial charge in [-0.1, -0.05) is 0 Å². The fourth-order valence-corrected chi connectivity index (χ4v) is 10.6. The number of phenols is 32. The third-order valence-electron chi connectivity index (χ3n) is 15.3. The lowest BCUT2D eigenvalue weighted by molar-refractivity contribution is 0.329. The van der Waals surface area contributed by atoms with E-state index in [0.29, 0.717) is 0 Å². The van der Waals surface area contributed by atoms with Crippen molar-refractivity contribution < 1.29 is 172 Å². The van der Waals surface area contributed by atoms with Crippen molar-refractivity contribution in [3.63, 3.8) is 0 Å². The van der Waals surface area contributed by atoms with Crippen LogP contribution >= 0.6 is 0 Å². The predicted octanol–water partition coefficient (Wildman–Crippen LogP) is 5.02. The van der Waals surface area contributed by atoms with Crippen LogP contribution in [0.15, 0.2) is 8.83 Å². The average molecular weight is 1320 g/mol. The first-order valence-corrected chi connectivity index (χ1v) is 25.5. The van der Waals surface area contributed by atoms with Gasteiger partial charge in [-0.2, -0.15) is 0 Å². The van der Waals surface area contributed by atoms with Gasteiger partial charge in [0, 0.05) is 5.56 Å². The van der Waals surface area contributed by atoms with Crippen LogP contribution in [0.1, 0.15) is 5.56 Å². The first kappa shape index (κ1) is 60.3. The second kappa shape index (κ2) is 19.5. The molecule has 8 aromatic carbocycles. The average Bonchev–Trinajstić information content (AvgIpc) is 1.57. The van der Waals surface area contributed by atoms with Crippen LogP contribution in [0.3, 0.4) is 0 Å². The maximum Gasteiger partial charge on any atom is 0.208 e. The molecule has 95 heavy (non-hydrogen) atoms. The molecule has 39 nitrogen and oxygen atoms in total. The molecule has 0 radical (unpaired) electrons. The molecule has 0 fully saturated rings. The van der Waals surface area contributed by atoms with Crippen LogP contribution in [0.5, 0.6) is 184 Å². The summed E-state index contributed by atoms with van der Waals surface area (Å²) in [5.41, 5.74) is -19.6. The Morgan fingerprint density at radius 1 is 0.179 bits per heavy atom. The number of hydrogen-bond acceptors (Lipinski definition) is 39. The fourth-order valence-electron chi connectivity index (χ4n) is 10.6. The fraction of sp³-hybridized carbons (Fsp3) is 0.0179. The Morgan fingerprint density at radius 3 is 0.853 bits per heavy atom. The third-order valence-corrected chi connectivity index (χ3v) is 15.3. The second-order valence-electron chi connectivity index (χ2n) is 20.4. The maximum absolute atomic E-state index is 12.3. The first-order valence-electron chi connectivity index (χ1n) is 25.5. The number of benzene rings is 8. The van der Waals surface area contributed by atoms with Crippen LogP contribution < -0.4 is 0 Å². The summed E-state index contributed by atoms with van der Waals surface area (Å²) in [5, 5.41) is 351. The summed E-state index contributed by atoms with van der Waals surface area (Å²) >= 11 is 0. The van der Waals surface area contributed by atoms with Crippen molar-refractivity contribution in [2.45, 2.75) is 6.92 Å². The van der Waals surface area contributed by atoms with Crippen LogP contribution in [0, 0.1) is 6.92 Å². The second-order valence-corrected chi connectivity index (χ2v) is 20.4. The van der Waals surface area contributed by atoms with E-state index in [-0.39, 0.29) is 0 Å². The minimum absolute atomic E-state index is 0.620. The highest BCUT2D eigenvalue weighted by Crippen LogP contribution is 2.66. The molecule has 0 aliphatic carbocycles. The Morgan fingerprint density at radius 2 is 0.432 bits per heavy atom. The van der Waals surface area contributed by atoms with E-state index >= 15 is 0 Å². The van der Waals surface area contributed by atoms with E-state index < -0.39 is 313 Å². The topological polar surface area (TPSA) is 738 Å². The van der Waals surface area contributed by atoms with E-state index in [2.05, 4.69) is 24.9 Å². The van der Waals surface area contributed by atoms with Crippen molar-refractivity contribution in [3.8, 4) is 263 Å². The molecule has 0 saturated heterocycles. The van der Waals surface area contributed by atoms with Crippen molar-refractivity contribution in [1.82, 2.24) is 24.9 Å². The minimum Gasteiger partial charge on any atom is -0.507 e. The van der Waals surface area contributed by atoms with Gasteiger partial charge in [0.05, 0.1) is 44.0 Å². The molecule has 12 aromatic rings. The van der Waals surface area contributed by atoms with Gasteiger partial charge in [0.2, 0.25) is 69.0 Å². The number of rotatable bonds is 7. The highest BCUT2D eigenvalue weighted by Gasteiger charge is 2.41. The number of furan rings is 2. The molecular formula is C56H35N5O34. The monoisotopic (exact) mass is 1320 g/mol. The highest BCUT2D eigenvalue weighted by molar-refractivity contribution is 6.23. The lowest BCUT2D eigenvalue weighted by Crippen LogP contribution is -2.02. The molecule has 488 valence electrons. The smallest absolute Gasteiger partial charge is 0.208 e. The summed E-state index contributed by atoms with van der Waals surface area (Å²) in [4.78, 5) is 19.8. The summed E-state index contributed by atoms with van der Waals surface area (Å²) in [7, 11) is 0. The van der Waals surface area contributed by atoms with Crippen molar-refractivity contribution in [2.24, 2.45) is 0 Å². The molecular weight excluding hydrogens is 1290 g/mol. The number of hydrogen-bond donors (Lipinski definition) is 32. The van der Waals surface area contributed by atoms with Gasteiger partial charge in [-0.05, 0) is 6.92 Å². The zero-order valence-corrected chi connectivity index (χ0v) is 45.9. The lowest BCUT2D eigenvalue weighted by Gasteiger charge is -2.18. The van der Waals surface area contributed by atoms with E-state index in [9.17, 15) is 163 Å². The van der Waals surface area contributed by atoms with Gasteiger partial charge >= 0.3 is 0 Å². The van der Waals surface area contributed by atoms with E-state index in [1.54, 1.807) is 0 Å². The van der Waals surface area contributed by atoms with Gasteiger partial charge in [0.15, 0.2) is 155 Å². The molecule has 0 bridgehead atoms. The molecule has 0 spiro atoms. The van der Waals surface area contributed by atoms with Crippen LogP contribution in [0.4, 0.5) is 0 Å². The van der Waals surface area contributed by atoms with Crippen molar-refractivity contribution in [1.29, 1.82) is 0 Å². The van der Waals surface area contributed by atoms with Gasteiger partial charge in [0.1, 0.15) is 39.2 Å². The van der Waals surface area contributed by atoms with Crippen LogP contribution in [-0.4, -0.2) is 188 Å². The summed E-state index contributed by atoms with van der Waals surface area (Å²) in [6, 6.07) is 0. The number of phenolic OH excluding ortho intramolecular Hbond substituents is 32. The molecule has 32 N–H and O–H groups in total. The molecule has 0 saturated carbocycles. The van der Waals surface area contributed by atoms with Gasteiger partial charge in [-0.15, -0.1) is 0 Å². The van der Waals surface area contributed by atoms with E-state index in [1.807, 2.05) is 0 Å². The molecule has 0 unspecified atom stereocenters. The van der Waals surface area contributed by atoms with Crippen molar-refractivity contribution >= 4 is 44.0 Å². The molecule has 39 heteroatoms. The van der Waals surface area contributed by atoms with Gasteiger partial charge in [0.25, 0.3) is 0 Å². The molecule has 12 rings (SSSR count). The molecule has 4 heterocycles. The zero-order chi connectivity index (χ0) is 69.7. The summed E-state index contributed by atoms with van der Waals surface area (Å²) in [5.74, 6) is -56.7. The Labute approximate surface area is 515 Å². The molecule has 0 amide bonds. The standard InChI is InChI=1S/C56H35N5O34/c1-2-17(62)9(27(72)37(82)18(2)63)15-52-16(58-53(57-15)12-31(76)42(87)47(92)43(88)32(12)77)10-28(73)21(66)5(36(81)51(10)95-52)6-24(69)38(83)25(70)7-8-26(71)39(84)35(80)14(50(8)94-49(6)7)56-60-54(59-55(61-56)13-33(78)44(89)48(93)45(90)34(13)79)11-29(74)19(64)3(20(65)30(11)75)4-22(67)40(85)46(91)41(86)23(4)68/h62-93H,1H3. The predicted molar refractivity (Wildman–Crippen MR) is 306 cm³/mol. The third kappa shape index (κ3) is 7.57. The minimum atomic E-state index is -1.79. The largest absolute Gasteiger partial charge is 0.507 e. The van der Waals surface area contributed by atoms with Gasteiger partial charge < -0.3 is 172 Å². The Balaban J connectivity index is 1.19. The molecule has 0 atom stereocenters. The first-order chi connectivity index (χ1) is 44.4. The van der Waals surface area contributed by atoms with Gasteiger partial charge in [-0.25, -0.2) is 24.9 Å². The van der Waals surface area contributed by atoms with Crippen LogP contribution in [0.2, 0.25) is 0 Å². The number of nitrogens with zero attached hydrogens (tertiary/aromatic N) is 5. The molecule has 4 aromatic heterocycles. The number of aromatic nitrogens is 5. The SMILES string of the molecule is Cc1c(O)c(O)c(O)c(-c2nc(-c3c(O)c(O)c(O)c(O)c3O)nc3c2oc2c(O)c(-c4c(O)c(O)c(O)c5c4oc4c(-c6nc(-c7c(O)c(O)c(O)c(O)c7O)nc(-c7c(O)c(O)c(-c8c(O)c(O)c(O)c(O)c8O)c(O)c7O)n6)c(O)c(O)c(O)c45)c(O)c(O)c23)c1O.